The molecule has 0 spiro atoms. The number of rotatable bonds is 8. The van der Waals surface area contributed by atoms with E-state index >= 15 is 0 Å². The fourth-order valence-corrected chi connectivity index (χ4v) is 3.86. The summed E-state index contributed by atoms with van der Waals surface area (Å²) in [5.41, 5.74) is 2.72. The van der Waals surface area contributed by atoms with E-state index in [0.29, 0.717) is 18.8 Å². The Kier molecular flexibility index (Phi) is 6.29. The zero-order chi connectivity index (χ0) is 20.8. The molecule has 7 heteroatoms. The van der Waals surface area contributed by atoms with Gasteiger partial charge in [0.2, 0.25) is 5.91 Å². The minimum absolute atomic E-state index is 0.0279. The van der Waals surface area contributed by atoms with E-state index in [1.54, 1.807) is 13.3 Å². The monoisotopic (exact) mass is 418 g/mol. The number of imidazole rings is 1. The largest absolute Gasteiger partial charge is 0.497 e. The number of aromatic nitrogens is 3. The summed E-state index contributed by atoms with van der Waals surface area (Å²) in [5.74, 6) is 1.93. The van der Waals surface area contributed by atoms with Crippen molar-refractivity contribution in [2.75, 3.05) is 12.9 Å². The maximum absolute atomic E-state index is 12.3. The van der Waals surface area contributed by atoms with Gasteiger partial charge in [0.15, 0.2) is 5.65 Å². The second-order valence-corrected chi connectivity index (χ2v) is 7.74. The van der Waals surface area contributed by atoms with Crippen LogP contribution in [0.3, 0.4) is 0 Å². The third-order valence-corrected chi connectivity index (χ3v) is 5.65. The molecule has 1 N–H and O–H groups in total. The van der Waals surface area contributed by atoms with E-state index in [9.17, 15) is 4.79 Å². The van der Waals surface area contributed by atoms with E-state index in [4.69, 9.17) is 4.74 Å². The van der Waals surface area contributed by atoms with Crippen LogP contribution >= 0.6 is 11.8 Å². The third kappa shape index (κ3) is 4.80. The zero-order valence-corrected chi connectivity index (χ0v) is 17.4. The predicted molar refractivity (Wildman–Crippen MR) is 119 cm³/mol. The Morgan fingerprint density at radius 3 is 2.63 bits per heavy atom. The lowest BCUT2D eigenvalue weighted by Crippen LogP contribution is -2.26. The van der Waals surface area contributed by atoms with Gasteiger partial charge >= 0.3 is 0 Å². The number of amides is 1. The summed E-state index contributed by atoms with van der Waals surface area (Å²) in [6, 6.07) is 21.6. The number of hydrogen-bond acceptors (Lipinski definition) is 5. The molecule has 2 aromatic carbocycles. The number of pyridine rings is 1. The second-order valence-electron chi connectivity index (χ2n) is 6.69. The fourth-order valence-electron chi connectivity index (χ4n) is 3.11. The van der Waals surface area contributed by atoms with Crippen molar-refractivity contribution in [3.8, 4) is 5.75 Å². The number of methoxy groups -OCH3 is 1. The number of fused-ring (bicyclic) bond motifs is 1. The summed E-state index contributed by atoms with van der Waals surface area (Å²) in [6.07, 6.45) is 1.76. The maximum Gasteiger partial charge on any atom is 0.230 e. The van der Waals surface area contributed by atoms with Crippen LogP contribution in [0.2, 0.25) is 0 Å². The van der Waals surface area contributed by atoms with Gasteiger partial charge in [-0.2, -0.15) is 0 Å². The second kappa shape index (κ2) is 9.45. The molecule has 2 heterocycles. The van der Waals surface area contributed by atoms with Gasteiger partial charge in [-0.3, -0.25) is 4.79 Å². The first kappa shape index (κ1) is 20.0. The van der Waals surface area contributed by atoms with Crippen LogP contribution < -0.4 is 10.1 Å². The first-order chi connectivity index (χ1) is 14.7. The van der Waals surface area contributed by atoms with Gasteiger partial charge in [0, 0.05) is 11.1 Å². The highest BCUT2D eigenvalue weighted by atomic mass is 32.2. The molecule has 0 saturated carbocycles. The van der Waals surface area contributed by atoms with Crippen molar-refractivity contribution >= 4 is 28.8 Å². The van der Waals surface area contributed by atoms with Gasteiger partial charge in [-0.15, -0.1) is 11.8 Å². The lowest BCUT2D eigenvalue weighted by atomic mass is 10.2. The van der Waals surface area contributed by atoms with Crippen molar-refractivity contribution < 1.29 is 9.53 Å². The molecule has 0 bridgehead atoms. The molecular formula is C23H22N4O2S. The molecule has 0 radical (unpaired) electrons. The molecule has 0 aliphatic heterocycles. The lowest BCUT2D eigenvalue weighted by Gasteiger charge is -2.10. The van der Waals surface area contributed by atoms with Gasteiger partial charge in [-0.05, 0) is 42.0 Å². The van der Waals surface area contributed by atoms with Crippen LogP contribution in [-0.4, -0.2) is 33.3 Å². The average molecular weight is 419 g/mol. The number of nitrogens with zero attached hydrogens (tertiary/aromatic N) is 3. The molecule has 1 amide bonds. The molecule has 2 aromatic heterocycles. The number of carbonyl (C=O) groups is 1. The molecule has 0 unspecified atom stereocenters. The molecular weight excluding hydrogens is 396 g/mol. The standard InChI is InChI=1S/C23H22N4O2S/c1-29-18-11-9-17(10-12-18)15-27-21(26-20-8-5-13-24-23(20)27)14-25-22(28)16-30-19-6-3-2-4-7-19/h2-13H,14-16H2,1H3,(H,25,28). The lowest BCUT2D eigenvalue weighted by molar-refractivity contribution is -0.118. The summed E-state index contributed by atoms with van der Waals surface area (Å²) in [5, 5.41) is 2.98. The van der Waals surface area contributed by atoms with Crippen LogP contribution in [0, 0.1) is 0 Å². The van der Waals surface area contributed by atoms with Crippen molar-refractivity contribution in [1.82, 2.24) is 19.9 Å². The van der Waals surface area contributed by atoms with Crippen molar-refractivity contribution in [3.05, 3.63) is 84.3 Å². The number of ether oxygens (including phenoxy) is 1. The van der Waals surface area contributed by atoms with Crippen molar-refractivity contribution in [2.24, 2.45) is 0 Å². The molecule has 0 fully saturated rings. The number of nitrogens with one attached hydrogen (secondary N) is 1. The molecule has 0 saturated heterocycles. The molecule has 6 nitrogen and oxygen atoms in total. The highest BCUT2D eigenvalue weighted by molar-refractivity contribution is 8.00. The van der Waals surface area contributed by atoms with Gasteiger partial charge in [0.1, 0.15) is 17.1 Å². The van der Waals surface area contributed by atoms with Crippen LogP contribution in [0.25, 0.3) is 11.2 Å². The number of carbonyl (C=O) groups excluding carboxylic acids is 1. The van der Waals surface area contributed by atoms with E-state index in [1.165, 1.54) is 11.8 Å². The molecule has 152 valence electrons. The van der Waals surface area contributed by atoms with E-state index in [-0.39, 0.29) is 5.91 Å². The maximum atomic E-state index is 12.3. The number of hydrogen-bond donors (Lipinski definition) is 1. The van der Waals surface area contributed by atoms with Crippen LogP contribution in [0.5, 0.6) is 5.75 Å². The van der Waals surface area contributed by atoms with Crippen LogP contribution in [0.15, 0.2) is 77.8 Å². The van der Waals surface area contributed by atoms with Gasteiger partial charge in [0.25, 0.3) is 0 Å². The summed E-state index contributed by atoms with van der Waals surface area (Å²) in [6.45, 7) is 0.960. The molecule has 4 aromatic rings. The average Bonchev–Trinajstić information content (AvgIpc) is 3.15. The Morgan fingerprint density at radius 1 is 1.07 bits per heavy atom. The molecule has 0 atom stereocenters. The normalized spacial score (nSPS) is 10.8. The van der Waals surface area contributed by atoms with E-state index in [0.717, 1.165) is 33.2 Å². The fraction of sp³-hybridized carbons (Fsp3) is 0.174. The van der Waals surface area contributed by atoms with E-state index < -0.39 is 0 Å². The van der Waals surface area contributed by atoms with Gasteiger partial charge in [0.05, 0.1) is 26.0 Å². The highest BCUT2D eigenvalue weighted by Crippen LogP contribution is 2.19. The number of benzene rings is 2. The minimum Gasteiger partial charge on any atom is -0.497 e. The topological polar surface area (TPSA) is 69.0 Å². The smallest absolute Gasteiger partial charge is 0.230 e. The van der Waals surface area contributed by atoms with Gasteiger partial charge in [-0.1, -0.05) is 30.3 Å². The minimum atomic E-state index is -0.0279. The van der Waals surface area contributed by atoms with Crippen LogP contribution in [-0.2, 0) is 17.9 Å². The van der Waals surface area contributed by atoms with Crippen molar-refractivity contribution in [3.63, 3.8) is 0 Å². The summed E-state index contributed by atoms with van der Waals surface area (Å²) in [4.78, 5) is 22.6. The predicted octanol–water partition coefficient (Wildman–Crippen LogP) is 3.90. The third-order valence-electron chi connectivity index (χ3n) is 4.64. The quantitative estimate of drug-likeness (QED) is 0.440. The molecule has 0 aliphatic carbocycles. The van der Waals surface area contributed by atoms with Crippen LogP contribution in [0.4, 0.5) is 0 Å². The Balaban J connectivity index is 1.47. The summed E-state index contributed by atoms with van der Waals surface area (Å²) in [7, 11) is 1.65. The SMILES string of the molecule is COc1ccc(Cn2c(CNC(=O)CSc3ccccc3)nc3cccnc32)cc1. The van der Waals surface area contributed by atoms with Crippen LogP contribution in [0.1, 0.15) is 11.4 Å². The van der Waals surface area contributed by atoms with Gasteiger partial charge in [-0.25, -0.2) is 9.97 Å². The Bertz CT molecular complexity index is 1130. The molecule has 4 rings (SSSR count). The number of thioether (sulfide) groups is 1. The Labute approximate surface area is 179 Å². The first-order valence-corrected chi connectivity index (χ1v) is 10.6. The summed E-state index contributed by atoms with van der Waals surface area (Å²) >= 11 is 1.52. The zero-order valence-electron chi connectivity index (χ0n) is 16.6. The van der Waals surface area contributed by atoms with E-state index in [1.807, 2.05) is 71.3 Å². The highest BCUT2D eigenvalue weighted by Gasteiger charge is 2.13. The molecule has 0 aliphatic rings. The first-order valence-electron chi connectivity index (χ1n) is 9.60. The Morgan fingerprint density at radius 2 is 1.87 bits per heavy atom. The van der Waals surface area contributed by atoms with Crippen molar-refractivity contribution in [1.29, 1.82) is 0 Å². The van der Waals surface area contributed by atoms with Crippen molar-refractivity contribution in [2.45, 2.75) is 18.0 Å². The van der Waals surface area contributed by atoms with Gasteiger partial charge < -0.3 is 14.6 Å². The summed E-state index contributed by atoms with van der Waals surface area (Å²) < 4.78 is 7.28. The molecule has 30 heavy (non-hydrogen) atoms. The van der Waals surface area contributed by atoms with E-state index in [2.05, 4.69) is 15.3 Å². The Hall–Kier alpha value is -3.32.